The summed E-state index contributed by atoms with van der Waals surface area (Å²) in [5, 5.41) is 7.68. The van der Waals surface area contributed by atoms with Gasteiger partial charge in [-0.15, -0.1) is 0 Å². The third-order valence-electron chi connectivity index (χ3n) is 2.66. The van der Waals surface area contributed by atoms with Gasteiger partial charge in [-0.05, 0) is 26.0 Å². The number of hydrogen-bond acceptors (Lipinski definition) is 2. The van der Waals surface area contributed by atoms with Gasteiger partial charge in [0.05, 0.1) is 12.7 Å². The van der Waals surface area contributed by atoms with E-state index < -0.39 is 0 Å². The zero-order chi connectivity index (χ0) is 11.5. The van der Waals surface area contributed by atoms with Crippen molar-refractivity contribution in [2.75, 3.05) is 5.32 Å². The molecule has 0 saturated heterocycles. The monoisotopic (exact) mass is 218 g/mol. The Hall–Kier alpha value is -1.71. The quantitative estimate of drug-likeness (QED) is 0.855. The average molecular weight is 218 g/mol. The first-order chi connectivity index (χ1) is 7.68. The van der Waals surface area contributed by atoms with Crippen LogP contribution < -0.4 is 5.32 Å². The molecule has 0 aliphatic rings. The van der Waals surface area contributed by atoms with Crippen LogP contribution in [0.1, 0.15) is 25.6 Å². The molecule has 2 aromatic rings. The Balaban J connectivity index is 2.05. The second-order valence-electron chi connectivity index (χ2n) is 4.22. The fourth-order valence-corrected chi connectivity index (χ4v) is 1.73. The minimum absolute atomic E-state index is 0.380. The zero-order valence-electron chi connectivity index (χ0n) is 10.0. The van der Waals surface area contributed by atoms with Crippen molar-refractivity contribution in [3.63, 3.8) is 0 Å². The molecule has 0 aromatic carbocycles. The van der Waals surface area contributed by atoms with E-state index in [-0.39, 0.29) is 0 Å². The van der Waals surface area contributed by atoms with E-state index in [2.05, 4.69) is 54.2 Å². The number of anilines is 1. The molecule has 2 heterocycles. The van der Waals surface area contributed by atoms with E-state index in [4.69, 9.17) is 0 Å². The van der Waals surface area contributed by atoms with Crippen LogP contribution in [-0.4, -0.2) is 14.3 Å². The number of hydrogen-bond donors (Lipinski definition) is 1. The van der Waals surface area contributed by atoms with Gasteiger partial charge in [-0.3, -0.25) is 0 Å². The van der Waals surface area contributed by atoms with Crippen molar-refractivity contribution in [1.29, 1.82) is 0 Å². The molecule has 0 fully saturated rings. The second kappa shape index (κ2) is 4.43. The second-order valence-corrected chi connectivity index (χ2v) is 4.22. The van der Waals surface area contributed by atoms with Gasteiger partial charge in [-0.25, -0.2) is 4.68 Å². The summed E-state index contributed by atoms with van der Waals surface area (Å²) in [4.78, 5) is 0. The van der Waals surface area contributed by atoms with Crippen molar-refractivity contribution >= 4 is 5.82 Å². The van der Waals surface area contributed by atoms with Crippen LogP contribution in [0.2, 0.25) is 0 Å². The minimum atomic E-state index is 0.380. The maximum absolute atomic E-state index is 4.29. The lowest BCUT2D eigenvalue weighted by Gasteiger charge is -2.12. The van der Waals surface area contributed by atoms with Gasteiger partial charge in [0.25, 0.3) is 0 Å². The van der Waals surface area contributed by atoms with Crippen LogP contribution in [0.5, 0.6) is 0 Å². The van der Waals surface area contributed by atoms with Gasteiger partial charge in [0, 0.05) is 31.0 Å². The molecule has 16 heavy (non-hydrogen) atoms. The largest absolute Gasteiger partial charge is 0.365 e. The van der Waals surface area contributed by atoms with E-state index in [0.717, 1.165) is 12.4 Å². The Morgan fingerprint density at radius 3 is 2.81 bits per heavy atom. The summed E-state index contributed by atoms with van der Waals surface area (Å²) in [6.07, 6.45) is 3.88. The van der Waals surface area contributed by atoms with Crippen LogP contribution in [0.25, 0.3) is 0 Å². The lowest BCUT2D eigenvalue weighted by Crippen LogP contribution is -2.11. The van der Waals surface area contributed by atoms with Gasteiger partial charge in [0.2, 0.25) is 0 Å². The Morgan fingerprint density at radius 1 is 1.38 bits per heavy atom. The summed E-state index contributed by atoms with van der Waals surface area (Å²) in [6, 6.07) is 6.55. The molecule has 1 N–H and O–H groups in total. The first-order valence-electron chi connectivity index (χ1n) is 5.56. The van der Waals surface area contributed by atoms with Crippen molar-refractivity contribution in [2.24, 2.45) is 7.05 Å². The number of nitrogens with one attached hydrogen (secondary N) is 1. The van der Waals surface area contributed by atoms with E-state index >= 15 is 0 Å². The molecule has 0 bridgehead atoms. The third kappa shape index (κ3) is 2.10. The van der Waals surface area contributed by atoms with Gasteiger partial charge >= 0.3 is 0 Å². The molecule has 4 nitrogen and oxygen atoms in total. The molecular formula is C12H18N4. The highest BCUT2D eigenvalue weighted by molar-refractivity contribution is 5.35. The maximum atomic E-state index is 4.29. The molecule has 2 aromatic heterocycles. The maximum Gasteiger partial charge on any atom is 0.124 e. The van der Waals surface area contributed by atoms with Crippen molar-refractivity contribution in [3.05, 3.63) is 36.3 Å². The highest BCUT2D eigenvalue weighted by Gasteiger charge is 2.05. The van der Waals surface area contributed by atoms with Gasteiger partial charge in [-0.1, -0.05) is 0 Å². The summed E-state index contributed by atoms with van der Waals surface area (Å²) in [5.74, 6) is 1.07. The average Bonchev–Trinajstić information content (AvgIpc) is 2.83. The summed E-state index contributed by atoms with van der Waals surface area (Å²) < 4.78 is 4.10. The summed E-state index contributed by atoms with van der Waals surface area (Å²) in [6.45, 7) is 5.07. The molecule has 0 amide bonds. The lowest BCUT2D eigenvalue weighted by atomic mass is 10.4. The molecule has 0 aliphatic heterocycles. The van der Waals surface area contributed by atoms with Gasteiger partial charge < -0.3 is 9.88 Å². The highest BCUT2D eigenvalue weighted by Crippen LogP contribution is 2.14. The van der Waals surface area contributed by atoms with Crippen molar-refractivity contribution in [1.82, 2.24) is 14.3 Å². The fourth-order valence-electron chi connectivity index (χ4n) is 1.73. The van der Waals surface area contributed by atoms with E-state index in [0.29, 0.717) is 6.04 Å². The summed E-state index contributed by atoms with van der Waals surface area (Å²) in [7, 11) is 2.05. The summed E-state index contributed by atoms with van der Waals surface area (Å²) >= 11 is 0. The smallest absolute Gasteiger partial charge is 0.124 e. The van der Waals surface area contributed by atoms with E-state index in [1.807, 2.05) is 16.9 Å². The number of aryl methyl sites for hydroxylation is 1. The standard InChI is InChI=1S/C12H18N4/c1-10(2)16-12(6-7-14-16)13-9-11-5-4-8-15(11)3/h4-8,10,13H,9H2,1-3H3. The molecule has 0 unspecified atom stereocenters. The zero-order valence-corrected chi connectivity index (χ0v) is 10.0. The van der Waals surface area contributed by atoms with Crippen LogP contribution in [0.3, 0.4) is 0 Å². The molecule has 0 saturated carbocycles. The van der Waals surface area contributed by atoms with Gasteiger partial charge in [0.15, 0.2) is 0 Å². The van der Waals surface area contributed by atoms with Gasteiger partial charge in [-0.2, -0.15) is 5.10 Å². The first kappa shape index (κ1) is 10.8. The molecule has 0 radical (unpaired) electrons. The predicted molar refractivity (Wildman–Crippen MR) is 65.4 cm³/mol. The fraction of sp³-hybridized carbons (Fsp3) is 0.417. The number of rotatable bonds is 4. The Bertz CT molecular complexity index is 453. The Morgan fingerprint density at radius 2 is 2.19 bits per heavy atom. The predicted octanol–water partition coefficient (Wildman–Crippen LogP) is 2.41. The Kier molecular flexibility index (Phi) is 2.99. The molecule has 2 rings (SSSR count). The lowest BCUT2D eigenvalue weighted by molar-refractivity contribution is 0.537. The first-order valence-corrected chi connectivity index (χ1v) is 5.56. The van der Waals surface area contributed by atoms with Crippen molar-refractivity contribution < 1.29 is 0 Å². The SMILES string of the molecule is CC(C)n1nccc1NCc1cccn1C. The van der Waals surface area contributed by atoms with Crippen LogP contribution in [0, 0.1) is 0 Å². The van der Waals surface area contributed by atoms with Crippen LogP contribution >= 0.6 is 0 Å². The van der Waals surface area contributed by atoms with Crippen LogP contribution in [-0.2, 0) is 13.6 Å². The number of nitrogens with zero attached hydrogens (tertiary/aromatic N) is 3. The molecular weight excluding hydrogens is 200 g/mol. The number of aromatic nitrogens is 3. The molecule has 0 atom stereocenters. The molecule has 4 heteroatoms. The molecule has 0 spiro atoms. The minimum Gasteiger partial charge on any atom is -0.365 e. The Labute approximate surface area is 95.9 Å². The van der Waals surface area contributed by atoms with Crippen LogP contribution in [0.15, 0.2) is 30.6 Å². The molecule has 86 valence electrons. The normalized spacial score (nSPS) is 11.0. The van der Waals surface area contributed by atoms with Gasteiger partial charge in [0.1, 0.15) is 5.82 Å². The van der Waals surface area contributed by atoms with Crippen molar-refractivity contribution in [2.45, 2.75) is 26.4 Å². The van der Waals surface area contributed by atoms with Crippen molar-refractivity contribution in [3.8, 4) is 0 Å². The van der Waals surface area contributed by atoms with E-state index in [1.54, 1.807) is 0 Å². The van der Waals surface area contributed by atoms with E-state index in [9.17, 15) is 0 Å². The van der Waals surface area contributed by atoms with E-state index in [1.165, 1.54) is 5.69 Å². The third-order valence-corrected chi connectivity index (χ3v) is 2.66. The molecule has 0 aliphatic carbocycles. The topological polar surface area (TPSA) is 34.8 Å². The van der Waals surface area contributed by atoms with Crippen LogP contribution in [0.4, 0.5) is 5.82 Å². The summed E-state index contributed by atoms with van der Waals surface area (Å²) in [5.41, 5.74) is 1.26. The highest BCUT2D eigenvalue weighted by atomic mass is 15.3.